The molecule has 0 aliphatic rings. The van der Waals surface area contributed by atoms with Crippen LogP contribution < -0.4 is 15.6 Å². The van der Waals surface area contributed by atoms with E-state index in [4.69, 9.17) is 4.74 Å². The van der Waals surface area contributed by atoms with E-state index >= 15 is 0 Å². The second-order valence-corrected chi connectivity index (χ2v) is 8.59. The first-order valence-corrected chi connectivity index (χ1v) is 10.2. The Morgan fingerprint density at radius 2 is 1.55 bits per heavy atom. The van der Waals surface area contributed by atoms with Gasteiger partial charge in [-0.3, -0.25) is 14.9 Å². The maximum atomic E-state index is 12.1. The smallest absolute Gasteiger partial charge is 0.426 e. The van der Waals surface area contributed by atoms with E-state index in [1.807, 2.05) is 6.07 Å². The number of rotatable bonds is 5. The predicted octanol–water partition coefficient (Wildman–Crippen LogP) is 3.27. The van der Waals surface area contributed by atoms with Crippen LogP contribution in [0.15, 0.2) is 60.0 Å². The van der Waals surface area contributed by atoms with Crippen LogP contribution in [0.2, 0.25) is 0 Å². The second-order valence-electron chi connectivity index (χ2n) is 7.02. The van der Waals surface area contributed by atoms with Crippen LogP contribution in [0.1, 0.15) is 36.7 Å². The Labute approximate surface area is 170 Å². The second kappa shape index (κ2) is 9.24. The van der Waals surface area contributed by atoms with Crippen molar-refractivity contribution in [3.63, 3.8) is 0 Å². The summed E-state index contributed by atoms with van der Waals surface area (Å²) in [6.45, 7) is 5.09. The Balaban J connectivity index is 1.93. The third-order valence-electron chi connectivity index (χ3n) is 3.32. The average molecular weight is 417 g/mol. The van der Waals surface area contributed by atoms with Crippen molar-refractivity contribution in [3.8, 4) is 0 Å². The first-order valence-electron chi connectivity index (χ1n) is 8.69. The molecule has 2 rings (SSSR count). The molecule has 0 radical (unpaired) electrons. The van der Waals surface area contributed by atoms with Gasteiger partial charge < -0.3 is 4.74 Å². The fourth-order valence-corrected chi connectivity index (χ4v) is 2.97. The highest BCUT2D eigenvalue weighted by molar-refractivity contribution is 7.95. The lowest BCUT2D eigenvalue weighted by molar-refractivity contribution is 0.0483. The summed E-state index contributed by atoms with van der Waals surface area (Å²) in [6.07, 6.45) is 0.687. The molecule has 0 atom stereocenters. The number of hydrazine groups is 1. The molecular weight excluding hydrogens is 394 g/mol. The zero-order valence-corrected chi connectivity index (χ0v) is 17.1. The van der Waals surface area contributed by atoms with Gasteiger partial charge in [-0.15, -0.1) is 0 Å². The highest BCUT2D eigenvalue weighted by atomic mass is 32.2. The van der Waals surface area contributed by atoms with Gasteiger partial charge in [0.2, 0.25) is 0 Å². The van der Waals surface area contributed by atoms with Crippen LogP contribution in [0.4, 0.5) is 10.5 Å². The summed E-state index contributed by atoms with van der Waals surface area (Å²) in [5, 5.41) is 1.06. The van der Waals surface area contributed by atoms with E-state index in [0.717, 1.165) is 11.0 Å². The van der Waals surface area contributed by atoms with Gasteiger partial charge in [0.05, 0.1) is 5.41 Å². The molecule has 154 valence electrons. The molecule has 0 aromatic heterocycles. The molecule has 0 aliphatic heterocycles. The number of amides is 2. The van der Waals surface area contributed by atoms with E-state index in [1.165, 1.54) is 30.3 Å². The number of carbonyl (C=O) groups is 2. The molecule has 2 aromatic rings. The summed E-state index contributed by atoms with van der Waals surface area (Å²) < 4.78 is 31.7. The number of hydrogen-bond acceptors (Lipinski definition) is 5. The Morgan fingerprint density at radius 3 is 2.14 bits per heavy atom. The van der Waals surface area contributed by atoms with E-state index in [9.17, 15) is 18.0 Å². The largest absolute Gasteiger partial charge is 0.443 e. The van der Waals surface area contributed by atoms with Crippen molar-refractivity contribution in [2.75, 3.05) is 4.72 Å². The van der Waals surface area contributed by atoms with Gasteiger partial charge in [0, 0.05) is 11.3 Å². The molecule has 0 saturated carbocycles. The van der Waals surface area contributed by atoms with Gasteiger partial charge in [0.1, 0.15) is 5.60 Å². The van der Waals surface area contributed by atoms with Crippen LogP contribution in [-0.4, -0.2) is 26.0 Å². The molecule has 0 aliphatic carbocycles. The summed E-state index contributed by atoms with van der Waals surface area (Å²) in [5.41, 5.74) is 4.93. The average Bonchev–Trinajstić information content (AvgIpc) is 2.64. The van der Waals surface area contributed by atoms with Gasteiger partial charge >= 0.3 is 6.09 Å². The van der Waals surface area contributed by atoms with Crippen molar-refractivity contribution < 1.29 is 22.7 Å². The highest BCUT2D eigenvalue weighted by Gasteiger charge is 2.16. The van der Waals surface area contributed by atoms with Crippen LogP contribution >= 0.6 is 0 Å². The zero-order chi connectivity index (χ0) is 21.5. The lowest BCUT2D eigenvalue weighted by atomic mass is 10.2. The van der Waals surface area contributed by atoms with Gasteiger partial charge in [-0.05, 0) is 56.7 Å². The first-order chi connectivity index (χ1) is 13.5. The lowest BCUT2D eigenvalue weighted by Gasteiger charge is -2.19. The van der Waals surface area contributed by atoms with Crippen molar-refractivity contribution in [2.24, 2.45) is 0 Å². The summed E-state index contributed by atoms with van der Waals surface area (Å²) in [5.74, 6) is -0.575. The number of ether oxygens (including phenoxy) is 1. The van der Waals surface area contributed by atoms with Gasteiger partial charge in [-0.1, -0.05) is 30.3 Å². The fraction of sp³-hybridized carbons (Fsp3) is 0.200. The van der Waals surface area contributed by atoms with E-state index < -0.39 is 27.6 Å². The minimum atomic E-state index is -3.71. The first kappa shape index (κ1) is 22.0. The van der Waals surface area contributed by atoms with E-state index in [1.54, 1.807) is 45.0 Å². The number of nitrogens with one attached hydrogen (secondary N) is 3. The molecule has 2 aromatic carbocycles. The summed E-state index contributed by atoms with van der Waals surface area (Å²) >= 11 is 0. The van der Waals surface area contributed by atoms with E-state index in [0.29, 0.717) is 5.69 Å². The van der Waals surface area contributed by atoms with E-state index in [2.05, 4.69) is 15.6 Å². The van der Waals surface area contributed by atoms with E-state index in [-0.39, 0.29) is 5.56 Å². The Bertz CT molecular complexity index is 979. The SMILES string of the molecule is CC(C)(C)OC(=O)NNC(=O)c1ccc(NS(=O)(=O)C=Cc2ccccc2)cc1. The van der Waals surface area contributed by atoms with Crippen molar-refractivity contribution in [2.45, 2.75) is 26.4 Å². The van der Waals surface area contributed by atoms with Gasteiger partial charge in [0.25, 0.3) is 15.9 Å². The van der Waals surface area contributed by atoms with Crippen LogP contribution in [0.3, 0.4) is 0 Å². The minimum Gasteiger partial charge on any atom is -0.443 e. The number of hydrogen-bond donors (Lipinski definition) is 3. The van der Waals surface area contributed by atoms with Crippen molar-refractivity contribution >= 4 is 33.8 Å². The molecule has 8 nitrogen and oxygen atoms in total. The molecule has 0 bridgehead atoms. The molecule has 29 heavy (non-hydrogen) atoms. The van der Waals surface area contributed by atoms with Gasteiger partial charge in [-0.2, -0.15) is 0 Å². The Hall–Kier alpha value is -3.33. The summed E-state index contributed by atoms with van der Waals surface area (Å²) in [4.78, 5) is 23.6. The maximum Gasteiger partial charge on any atom is 0.426 e. The number of sulfonamides is 1. The fourth-order valence-electron chi connectivity index (χ4n) is 2.10. The third-order valence-corrected chi connectivity index (χ3v) is 4.34. The minimum absolute atomic E-state index is 0.226. The van der Waals surface area contributed by atoms with Crippen LogP contribution in [0.5, 0.6) is 0 Å². The van der Waals surface area contributed by atoms with Gasteiger partial charge in [0.15, 0.2) is 0 Å². The topological polar surface area (TPSA) is 114 Å². The van der Waals surface area contributed by atoms with Crippen molar-refractivity contribution in [1.82, 2.24) is 10.9 Å². The molecule has 0 spiro atoms. The normalized spacial score (nSPS) is 11.7. The molecule has 2 amide bonds. The van der Waals surface area contributed by atoms with Crippen LogP contribution in [-0.2, 0) is 14.8 Å². The number of anilines is 1. The zero-order valence-electron chi connectivity index (χ0n) is 16.3. The Morgan fingerprint density at radius 1 is 0.931 bits per heavy atom. The highest BCUT2D eigenvalue weighted by Crippen LogP contribution is 2.13. The van der Waals surface area contributed by atoms with Crippen molar-refractivity contribution in [1.29, 1.82) is 0 Å². The third kappa shape index (κ3) is 8.06. The lowest BCUT2D eigenvalue weighted by Crippen LogP contribution is -2.44. The van der Waals surface area contributed by atoms with Gasteiger partial charge in [-0.25, -0.2) is 18.6 Å². The Kier molecular flexibility index (Phi) is 7.00. The maximum absolute atomic E-state index is 12.1. The van der Waals surface area contributed by atoms with Crippen molar-refractivity contribution in [3.05, 3.63) is 71.1 Å². The molecular formula is C20H23N3O5S. The standard InChI is InChI=1S/C20H23N3O5S/c1-20(2,3)28-19(25)22-21-18(24)16-9-11-17(12-10-16)23-29(26,27)14-13-15-7-5-4-6-8-15/h4-14,23H,1-3H3,(H,21,24)(H,22,25). The number of carbonyl (C=O) groups excluding carboxylic acids is 2. The summed E-state index contributed by atoms with van der Waals surface area (Å²) in [6, 6.07) is 14.7. The molecule has 0 saturated heterocycles. The number of benzene rings is 2. The molecule has 0 unspecified atom stereocenters. The monoisotopic (exact) mass is 417 g/mol. The quantitative estimate of drug-likeness (QED) is 0.646. The molecule has 0 fully saturated rings. The molecule has 9 heteroatoms. The molecule has 0 heterocycles. The molecule has 3 N–H and O–H groups in total. The van der Waals surface area contributed by atoms with Crippen LogP contribution in [0, 0.1) is 0 Å². The predicted molar refractivity (Wildman–Crippen MR) is 111 cm³/mol. The van der Waals surface area contributed by atoms with Crippen LogP contribution in [0.25, 0.3) is 6.08 Å². The summed E-state index contributed by atoms with van der Waals surface area (Å²) in [7, 11) is -3.71.